The zero-order valence-electron chi connectivity index (χ0n) is 8.13. The summed E-state index contributed by atoms with van der Waals surface area (Å²) in [4.78, 5) is 12.0. The molecule has 0 saturated carbocycles. The van der Waals surface area contributed by atoms with Crippen LogP contribution in [0, 0.1) is 35.2 Å². The standard InChI is InChI=1S/C10H8I2N2O.U/c13-14-8-5-12-10(11-12)7-4-2-1-3-6(7)9(8)15;/h1-4,10,14H,13H2;/q-2;. The zero-order chi connectivity index (χ0) is 10.4. The summed E-state index contributed by atoms with van der Waals surface area (Å²) in [7, 11) is 0. The molecule has 6 heteroatoms. The Morgan fingerprint density at radius 1 is 1.44 bits per heavy atom. The first-order valence-electron chi connectivity index (χ1n) is 4.38. The minimum Gasteiger partial charge on any atom is 0 e. The largest absolute Gasteiger partial charge is 0 e. The molecule has 84 valence electrons. The van der Waals surface area contributed by atoms with Crippen LogP contribution in [-0.2, 0) is 0 Å². The van der Waals surface area contributed by atoms with E-state index in [1.807, 2.05) is 18.2 Å². The summed E-state index contributed by atoms with van der Waals surface area (Å²) >= 11 is -0.748. The quantitative estimate of drug-likeness (QED) is 0.127. The fraction of sp³-hybridized carbons (Fsp3) is 0.100. The van der Waals surface area contributed by atoms with Gasteiger partial charge in [0.2, 0.25) is 0 Å². The summed E-state index contributed by atoms with van der Waals surface area (Å²) in [5, 5.41) is 0. The number of benzene rings is 1. The average Bonchev–Trinajstić information content (AvgIpc) is 3.04. The molecule has 1 fully saturated rings. The molecule has 0 aromatic heterocycles. The van der Waals surface area contributed by atoms with Crippen LogP contribution in [0.1, 0.15) is 17.9 Å². The molecule has 16 heavy (non-hydrogen) atoms. The number of hydrogen-bond acceptors (Lipinski definition) is 3. The summed E-state index contributed by atoms with van der Waals surface area (Å²) in [5.74, 6) is 5.38. The monoisotopic (exact) mass is 664 g/mol. The van der Waals surface area contributed by atoms with E-state index in [0.717, 1.165) is 7.49 Å². The van der Waals surface area contributed by atoms with Crippen molar-refractivity contribution in [2.45, 2.75) is 1.93 Å². The number of carbonyl (C=O) groups excluding carboxylic acids is 1. The molecule has 0 bridgehead atoms. The van der Waals surface area contributed by atoms with Gasteiger partial charge in [-0.15, -0.1) is 0 Å². The van der Waals surface area contributed by atoms with E-state index < -0.39 is 15.8 Å². The van der Waals surface area contributed by atoms with E-state index in [1.165, 1.54) is 5.56 Å². The van der Waals surface area contributed by atoms with Crippen LogP contribution in [0.15, 0.2) is 30.0 Å². The maximum atomic E-state index is 12.0. The summed E-state index contributed by atoms with van der Waals surface area (Å²) in [6.45, 7) is 0. The first kappa shape index (κ1) is 13.3. The van der Waals surface area contributed by atoms with E-state index in [4.69, 9.17) is 5.84 Å². The zero-order valence-corrected chi connectivity index (χ0v) is 16.6. The van der Waals surface area contributed by atoms with Gasteiger partial charge in [0, 0.05) is 31.1 Å². The van der Waals surface area contributed by atoms with Gasteiger partial charge in [-0.3, -0.25) is 0 Å². The van der Waals surface area contributed by atoms with Crippen molar-refractivity contribution in [3.05, 3.63) is 45.2 Å². The van der Waals surface area contributed by atoms with Gasteiger partial charge in [-0.2, -0.15) is 0 Å². The van der Waals surface area contributed by atoms with Crippen molar-refractivity contribution in [2.24, 2.45) is 5.84 Å². The summed E-state index contributed by atoms with van der Waals surface area (Å²) < 4.78 is 4.07. The number of alkyl halides is 2. The van der Waals surface area contributed by atoms with Crippen molar-refractivity contribution in [2.75, 3.05) is 0 Å². The van der Waals surface area contributed by atoms with Gasteiger partial charge in [-0.1, -0.05) is 0 Å². The number of halogens is 2. The minimum atomic E-state index is -1.04. The molecule has 3 nitrogen and oxygen atoms in total. The Morgan fingerprint density at radius 3 is 2.94 bits per heavy atom. The average molecular weight is 664 g/mol. The van der Waals surface area contributed by atoms with E-state index in [-0.39, 0.29) is 54.1 Å². The Kier molecular flexibility index (Phi) is 4.39. The fourth-order valence-corrected chi connectivity index (χ4v) is 17.8. The van der Waals surface area contributed by atoms with Gasteiger partial charge in [0.15, 0.2) is 0 Å². The fourth-order valence-electron chi connectivity index (χ4n) is 1.53. The molecule has 1 atom stereocenters. The number of nitrogens with two attached hydrogens (primary N) is 1. The molecule has 2 heterocycles. The van der Waals surface area contributed by atoms with Crippen molar-refractivity contribution in [3.63, 3.8) is 0 Å². The Balaban J connectivity index is 0.000000963. The number of rotatable bonds is 1. The van der Waals surface area contributed by atoms with Crippen molar-refractivity contribution in [1.82, 2.24) is 5.43 Å². The van der Waals surface area contributed by atoms with Crippen LogP contribution in [0.2, 0.25) is 0 Å². The molecule has 1 aromatic rings. The Bertz CT molecular complexity index is 478. The molecular weight excluding hydrogens is 656 g/mol. The van der Waals surface area contributed by atoms with Crippen LogP contribution < -0.4 is 28.5 Å². The van der Waals surface area contributed by atoms with Crippen molar-refractivity contribution in [3.8, 4) is 0 Å². The van der Waals surface area contributed by atoms with Gasteiger partial charge >= 0.3 is 102 Å². The SMILES string of the molecule is NNC1=[C-]I2[I-]C2c2ccccc2C1=O.[U]. The van der Waals surface area contributed by atoms with Crippen LogP contribution in [0.5, 0.6) is 0 Å². The van der Waals surface area contributed by atoms with Gasteiger partial charge < -0.3 is 0 Å². The van der Waals surface area contributed by atoms with Crippen LogP contribution >= 0.6 is 15.8 Å². The molecule has 1 unspecified atom stereocenters. The number of fused-ring (bicyclic) bond motifs is 3. The van der Waals surface area contributed by atoms with Crippen LogP contribution in [0.4, 0.5) is 0 Å². The predicted molar refractivity (Wildman–Crippen MR) is 61.6 cm³/mol. The number of Topliss-reactive ketones (excluding diaryl/α,β-unsaturated/α-hetero) is 1. The van der Waals surface area contributed by atoms with Crippen LogP contribution in [0.25, 0.3) is 0 Å². The smallest absolute Gasteiger partial charge is 0 e. The maximum absolute atomic E-state index is 12.0. The minimum absolute atomic E-state index is 0. The van der Waals surface area contributed by atoms with E-state index >= 15 is 0 Å². The molecular formula is C10H8I2N2OU-2. The third-order valence-corrected chi connectivity index (χ3v) is 17.3. The number of hydrogen-bond donors (Lipinski definition) is 2. The summed E-state index contributed by atoms with van der Waals surface area (Å²) in [6.07, 6.45) is 0. The predicted octanol–water partition coefficient (Wildman–Crippen LogP) is -1.49. The third kappa shape index (κ3) is 2.23. The molecule has 0 amide bonds. The summed E-state index contributed by atoms with van der Waals surface area (Å²) in [6, 6.07) is 7.92. The van der Waals surface area contributed by atoms with Gasteiger partial charge in [-0.05, 0) is 0 Å². The number of hydrazine groups is 1. The van der Waals surface area contributed by atoms with Crippen molar-refractivity contribution < 1.29 is 53.1 Å². The topological polar surface area (TPSA) is 55.1 Å². The van der Waals surface area contributed by atoms with Crippen molar-refractivity contribution in [1.29, 1.82) is 0 Å². The second-order valence-electron chi connectivity index (χ2n) is 3.18. The molecule has 0 spiro atoms. The van der Waals surface area contributed by atoms with E-state index in [9.17, 15) is 4.79 Å². The Morgan fingerprint density at radius 2 is 2.19 bits per heavy atom. The van der Waals surface area contributed by atoms with Gasteiger partial charge in [0.05, 0.1) is 0 Å². The first-order chi connectivity index (χ1) is 7.31. The van der Waals surface area contributed by atoms with E-state index in [2.05, 4.69) is 15.6 Å². The second kappa shape index (κ2) is 5.26. The third-order valence-electron chi connectivity index (χ3n) is 2.30. The second-order valence-corrected chi connectivity index (χ2v) is 19.6. The number of ketones is 1. The maximum Gasteiger partial charge on any atom is 0 e. The molecule has 3 N–H and O–H groups in total. The van der Waals surface area contributed by atoms with Crippen LogP contribution in [0.3, 0.4) is 0 Å². The van der Waals surface area contributed by atoms with Crippen LogP contribution in [-0.4, -0.2) is 5.78 Å². The number of nitrogens with one attached hydrogen (secondary N) is 1. The molecule has 1 saturated heterocycles. The van der Waals surface area contributed by atoms with Crippen molar-refractivity contribution >= 4 is 21.6 Å². The van der Waals surface area contributed by atoms with E-state index in [0.29, 0.717) is 5.70 Å². The van der Waals surface area contributed by atoms with Gasteiger partial charge in [-0.25, -0.2) is 0 Å². The molecule has 3 rings (SSSR count). The molecule has 0 aliphatic carbocycles. The van der Waals surface area contributed by atoms with Gasteiger partial charge in [0.1, 0.15) is 0 Å². The summed E-state index contributed by atoms with van der Waals surface area (Å²) in [5.41, 5.74) is 5.11. The Labute approximate surface area is 131 Å². The number of allylic oxidation sites excluding steroid dienone is 1. The Hall–Kier alpha value is 0.902. The molecule has 1 aromatic carbocycles. The van der Waals surface area contributed by atoms with Gasteiger partial charge in [0.25, 0.3) is 0 Å². The van der Waals surface area contributed by atoms with E-state index in [1.54, 1.807) is 0 Å². The normalized spacial score (nSPS) is 23.8. The molecule has 0 radical (unpaired) electrons. The molecule has 2 aliphatic heterocycles. The molecule has 2 aliphatic rings. The first-order valence-corrected chi connectivity index (χ1v) is 14.2. The number of carbonyl (C=O) groups is 1.